The molecule has 2 heterocycles. The molecule has 72 valence electrons. The number of pyridine rings is 1. The molecule has 2 N–H and O–H groups in total. The average molecular weight is 188 g/mol. The molecule has 0 aromatic carbocycles. The molecule has 1 aromatic heterocycles. The van der Waals surface area contributed by atoms with E-state index in [2.05, 4.69) is 16.0 Å². The minimum atomic E-state index is 0.231. The first-order valence-electron chi connectivity index (χ1n) is 4.66. The zero-order valence-electron chi connectivity index (χ0n) is 7.85. The van der Waals surface area contributed by atoms with Gasteiger partial charge in [0, 0.05) is 31.5 Å². The van der Waals surface area contributed by atoms with Gasteiger partial charge in [-0.25, -0.2) is 0 Å². The Morgan fingerprint density at radius 3 is 3.14 bits per heavy atom. The Balaban J connectivity index is 2.28. The van der Waals surface area contributed by atoms with Gasteiger partial charge in [-0.05, 0) is 12.5 Å². The first kappa shape index (κ1) is 8.97. The first-order valence-corrected chi connectivity index (χ1v) is 4.66. The van der Waals surface area contributed by atoms with E-state index in [1.807, 2.05) is 6.07 Å². The maximum absolute atomic E-state index is 8.90. The van der Waals surface area contributed by atoms with Gasteiger partial charge in [0.05, 0.1) is 11.3 Å². The maximum atomic E-state index is 8.90. The summed E-state index contributed by atoms with van der Waals surface area (Å²) >= 11 is 0. The van der Waals surface area contributed by atoms with Gasteiger partial charge in [0.2, 0.25) is 0 Å². The predicted octanol–water partition coefficient (Wildman–Crippen LogP) is 0.491. The zero-order valence-corrected chi connectivity index (χ0v) is 7.85. The van der Waals surface area contributed by atoms with Gasteiger partial charge in [-0.1, -0.05) is 0 Å². The molecule has 0 amide bonds. The Hall–Kier alpha value is -1.60. The smallest absolute Gasteiger partial charge is 0.103 e. The van der Waals surface area contributed by atoms with Crippen molar-refractivity contribution in [1.29, 1.82) is 5.26 Å². The van der Waals surface area contributed by atoms with Gasteiger partial charge in [0.25, 0.3) is 0 Å². The predicted molar refractivity (Wildman–Crippen MR) is 53.8 cm³/mol. The molecular formula is C10H12N4. The Bertz CT molecular complexity index is 369. The molecule has 0 radical (unpaired) electrons. The molecule has 0 bridgehead atoms. The molecule has 4 nitrogen and oxygen atoms in total. The van der Waals surface area contributed by atoms with Gasteiger partial charge in [-0.2, -0.15) is 5.26 Å². The van der Waals surface area contributed by atoms with Gasteiger partial charge in [0.15, 0.2) is 0 Å². The molecule has 0 aliphatic carbocycles. The number of nitriles is 1. The highest BCUT2D eigenvalue weighted by atomic mass is 15.2. The SMILES string of the molecule is N#Cc1cnccc1N1CCC(N)C1. The summed E-state index contributed by atoms with van der Waals surface area (Å²) in [4.78, 5) is 6.07. The highest BCUT2D eigenvalue weighted by Crippen LogP contribution is 2.22. The van der Waals surface area contributed by atoms with Gasteiger partial charge >= 0.3 is 0 Å². The second kappa shape index (κ2) is 3.64. The van der Waals surface area contributed by atoms with E-state index in [9.17, 15) is 0 Å². The average Bonchev–Trinajstić information content (AvgIpc) is 2.65. The van der Waals surface area contributed by atoms with Gasteiger partial charge < -0.3 is 10.6 Å². The van der Waals surface area contributed by atoms with Crippen molar-refractivity contribution in [3.8, 4) is 6.07 Å². The molecule has 1 aliphatic heterocycles. The number of hydrogen-bond donors (Lipinski definition) is 1. The summed E-state index contributed by atoms with van der Waals surface area (Å²) in [5.74, 6) is 0. The number of nitrogens with two attached hydrogens (primary N) is 1. The highest BCUT2D eigenvalue weighted by Gasteiger charge is 2.21. The van der Waals surface area contributed by atoms with Crippen LogP contribution in [-0.2, 0) is 0 Å². The van der Waals surface area contributed by atoms with Crippen LogP contribution in [0.3, 0.4) is 0 Å². The van der Waals surface area contributed by atoms with Crippen molar-refractivity contribution in [2.24, 2.45) is 5.73 Å². The van der Waals surface area contributed by atoms with E-state index in [1.54, 1.807) is 12.4 Å². The number of hydrogen-bond acceptors (Lipinski definition) is 4. The molecule has 1 aromatic rings. The van der Waals surface area contributed by atoms with E-state index in [1.165, 1.54) is 0 Å². The number of rotatable bonds is 1. The molecule has 1 saturated heterocycles. The van der Waals surface area contributed by atoms with E-state index in [-0.39, 0.29) is 6.04 Å². The summed E-state index contributed by atoms with van der Waals surface area (Å²) < 4.78 is 0. The quantitative estimate of drug-likeness (QED) is 0.696. The van der Waals surface area contributed by atoms with Crippen LogP contribution in [0.25, 0.3) is 0 Å². The fourth-order valence-electron chi connectivity index (χ4n) is 1.76. The van der Waals surface area contributed by atoms with Crippen LogP contribution in [-0.4, -0.2) is 24.1 Å². The summed E-state index contributed by atoms with van der Waals surface area (Å²) in [6.45, 7) is 1.76. The fourth-order valence-corrected chi connectivity index (χ4v) is 1.76. The lowest BCUT2D eigenvalue weighted by molar-refractivity contribution is 0.752. The van der Waals surface area contributed by atoms with Crippen molar-refractivity contribution in [3.63, 3.8) is 0 Å². The van der Waals surface area contributed by atoms with Crippen LogP contribution in [0.1, 0.15) is 12.0 Å². The maximum Gasteiger partial charge on any atom is 0.103 e. The Morgan fingerprint density at radius 1 is 1.64 bits per heavy atom. The third kappa shape index (κ3) is 1.54. The minimum absolute atomic E-state index is 0.231. The summed E-state index contributed by atoms with van der Waals surface area (Å²) in [6, 6.07) is 4.25. The summed E-state index contributed by atoms with van der Waals surface area (Å²) in [5, 5.41) is 8.90. The lowest BCUT2D eigenvalue weighted by Crippen LogP contribution is -2.26. The molecule has 4 heteroatoms. The van der Waals surface area contributed by atoms with E-state index >= 15 is 0 Å². The molecule has 2 rings (SSSR count). The van der Waals surface area contributed by atoms with E-state index in [0.717, 1.165) is 25.2 Å². The van der Waals surface area contributed by atoms with Crippen molar-refractivity contribution < 1.29 is 0 Å². The monoisotopic (exact) mass is 188 g/mol. The molecule has 14 heavy (non-hydrogen) atoms. The fraction of sp³-hybridized carbons (Fsp3) is 0.400. The summed E-state index contributed by atoms with van der Waals surface area (Å²) in [5.41, 5.74) is 7.39. The van der Waals surface area contributed by atoms with E-state index in [0.29, 0.717) is 5.56 Å². The van der Waals surface area contributed by atoms with Crippen LogP contribution in [0.15, 0.2) is 18.5 Å². The first-order chi connectivity index (χ1) is 6.81. The van der Waals surface area contributed by atoms with Crippen molar-refractivity contribution in [1.82, 2.24) is 4.98 Å². The van der Waals surface area contributed by atoms with Crippen LogP contribution < -0.4 is 10.6 Å². The third-order valence-corrected chi connectivity index (χ3v) is 2.48. The van der Waals surface area contributed by atoms with Crippen molar-refractivity contribution in [2.75, 3.05) is 18.0 Å². The van der Waals surface area contributed by atoms with Crippen molar-refractivity contribution in [3.05, 3.63) is 24.0 Å². The molecular weight excluding hydrogens is 176 g/mol. The van der Waals surface area contributed by atoms with Crippen LogP contribution >= 0.6 is 0 Å². The van der Waals surface area contributed by atoms with Crippen LogP contribution in [0.2, 0.25) is 0 Å². The third-order valence-electron chi connectivity index (χ3n) is 2.48. The Morgan fingerprint density at radius 2 is 2.50 bits per heavy atom. The van der Waals surface area contributed by atoms with Crippen LogP contribution in [0, 0.1) is 11.3 Å². The molecule has 1 unspecified atom stereocenters. The lowest BCUT2D eigenvalue weighted by Gasteiger charge is -2.18. The second-order valence-electron chi connectivity index (χ2n) is 3.50. The Labute approximate surface area is 83.0 Å². The van der Waals surface area contributed by atoms with E-state index < -0.39 is 0 Å². The topological polar surface area (TPSA) is 65.9 Å². The van der Waals surface area contributed by atoms with Crippen LogP contribution in [0.5, 0.6) is 0 Å². The standard InChI is InChI=1S/C10H12N4/c11-5-8-6-13-3-1-10(8)14-4-2-9(12)7-14/h1,3,6,9H,2,4,7,12H2. The highest BCUT2D eigenvalue weighted by molar-refractivity contribution is 5.58. The van der Waals surface area contributed by atoms with Crippen molar-refractivity contribution >= 4 is 5.69 Å². The number of anilines is 1. The Kier molecular flexibility index (Phi) is 2.33. The minimum Gasteiger partial charge on any atom is -0.369 e. The van der Waals surface area contributed by atoms with E-state index in [4.69, 9.17) is 11.0 Å². The normalized spacial score (nSPS) is 20.9. The molecule has 1 atom stereocenters. The lowest BCUT2D eigenvalue weighted by atomic mass is 10.2. The van der Waals surface area contributed by atoms with Gasteiger partial charge in [-0.15, -0.1) is 0 Å². The summed E-state index contributed by atoms with van der Waals surface area (Å²) in [7, 11) is 0. The molecule has 1 fully saturated rings. The van der Waals surface area contributed by atoms with Crippen LogP contribution in [0.4, 0.5) is 5.69 Å². The molecule has 1 aliphatic rings. The van der Waals surface area contributed by atoms with Crippen molar-refractivity contribution in [2.45, 2.75) is 12.5 Å². The van der Waals surface area contributed by atoms with Gasteiger partial charge in [-0.3, -0.25) is 4.98 Å². The molecule has 0 spiro atoms. The number of aromatic nitrogens is 1. The second-order valence-corrected chi connectivity index (χ2v) is 3.50. The molecule has 0 saturated carbocycles. The summed E-state index contributed by atoms with van der Waals surface area (Å²) in [6.07, 6.45) is 4.30. The van der Waals surface area contributed by atoms with Gasteiger partial charge in [0.1, 0.15) is 6.07 Å². The zero-order chi connectivity index (χ0) is 9.97. The number of nitrogens with zero attached hydrogens (tertiary/aromatic N) is 3. The largest absolute Gasteiger partial charge is 0.369 e.